The van der Waals surface area contributed by atoms with Crippen molar-refractivity contribution >= 4 is 27.7 Å². The predicted molar refractivity (Wildman–Crippen MR) is 64.4 cm³/mol. The molecule has 1 amide bonds. The van der Waals surface area contributed by atoms with Crippen LogP contribution < -0.4 is 4.90 Å². The van der Waals surface area contributed by atoms with E-state index in [1.165, 1.54) is 4.90 Å². The summed E-state index contributed by atoms with van der Waals surface area (Å²) in [7, 11) is 0. The standard InChI is InChI=1S/C11H14BrNO2/c1-11(2,3)13(10(14)15)9-6-4-8(12)5-7-9/h4-7H,1-3H3,(H,14,15). The van der Waals surface area contributed by atoms with Gasteiger partial charge in [0.25, 0.3) is 0 Å². The Kier molecular flexibility index (Phi) is 3.39. The van der Waals surface area contributed by atoms with Crippen LogP contribution in [0.4, 0.5) is 10.5 Å². The van der Waals surface area contributed by atoms with E-state index in [-0.39, 0.29) is 0 Å². The number of rotatable bonds is 1. The van der Waals surface area contributed by atoms with E-state index < -0.39 is 11.6 Å². The Balaban J connectivity index is 3.11. The zero-order valence-corrected chi connectivity index (χ0v) is 10.6. The van der Waals surface area contributed by atoms with E-state index in [0.29, 0.717) is 5.69 Å². The molecule has 0 saturated heterocycles. The van der Waals surface area contributed by atoms with Crippen LogP contribution in [0.25, 0.3) is 0 Å². The SMILES string of the molecule is CC(C)(C)N(C(=O)O)c1ccc(Br)cc1. The summed E-state index contributed by atoms with van der Waals surface area (Å²) in [4.78, 5) is 12.5. The molecule has 0 atom stereocenters. The van der Waals surface area contributed by atoms with Gasteiger partial charge in [0.1, 0.15) is 0 Å². The number of carboxylic acid groups (broad SMARTS) is 1. The molecule has 1 N–H and O–H groups in total. The van der Waals surface area contributed by atoms with Crippen molar-refractivity contribution in [2.75, 3.05) is 4.90 Å². The van der Waals surface area contributed by atoms with Gasteiger partial charge in [0.05, 0.1) is 0 Å². The zero-order valence-electron chi connectivity index (χ0n) is 8.99. The number of nitrogens with zero attached hydrogens (tertiary/aromatic N) is 1. The van der Waals surface area contributed by atoms with E-state index in [2.05, 4.69) is 15.9 Å². The van der Waals surface area contributed by atoms with Crippen molar-refractivity contribution in [2.45, 2.75) is 26.3 Å². The molecule has 0 aromatic heterocycles. The Bertz CT molecular complexity index is 354. The van der Waals surface area contributed by atoms with E-state index in [1.54, 1.807) is 12.1 Å². The maximum atomic E-state index is 11.1. The fourth-order valence-electron chi connectivity index (χ4n) is 1.37. The minimum atomic E-state index is -0.940. The average molecular weight is 272 g/mol. The van der Waals surface area contributed by atoms with Crippen molar-refractivity contribution < 1.29 is 9.90 Å². The molecule has 1 aromatic rings. The maximum Gasteiger partial charge on any atom is 0.412 e. The lowest BCUT2D eigenvalue weighted by atomic mass is 10.1. The highest BCUT2D eigenvalue weighted by atomic mass is 79.9. The van der Waals surface area contributed by atoms with Crippen LogP contribution in [0, 0.1) is 0 Å². The monoisotopic (exact) mass is 271 g/mol. The van der Waals surface area contributed by atoms with Gasteiger partial charge in [-0.3, -0.25) is 4.90 Å². The highest BCUT2D eigenvalue weighted by Gasteiger charge is 2.27. The van der Waals surface area contributed by atoms with Gasteiger partial charge in [-0.15, -0.1) is 0 Å². The van der Waals surface area contributed by atoms with Gasteiger partial charge in [0, 0.05) is 15.7 Å². The summed E-state index contributed by atoms with van der Waals surface area (Å²) in [5, 5.41) is 9.15. The molecule has 1 aromatic carbocycles. The summed E-state index contributed by atoms with van der Waals surface area (Å²) in [6.45, 7) is 5.59. The van der Waals surface area contributed by atoms with E-state index >= 15 is 0 Å². The molecule has 4 heteroatoms. The minimum Gasteiger partial charge on any atom is -0.465 e. The molecule has 0 heterocycles. The molecule has 0 saturated carbocycles. The van der Waals surface area contributed by atoms with Crippen LogP contribution >= 0.6 is 15.9 Å². The summed E-state index contributed by atoms with van der Waals surface area (Å²) >= 11 is 3.32. The number of amides is 1. The van der Waals surface area contributed by atoms with Gasteiger partial charge in [0.15, 0.2) is 0 Å². The Labute approximate surface area is 97.8 Å². The van der Waals surface area contributed by atoms with Gasteiger partial charge in [-0.25, -0.2) is 4.79 Å². The summed E-state index contributed by atoms with van der Waals surface area (Å²) in [5.41, 5.74) is 0.234. The number of carbonyl (C=O) groups is 1. The van der Waals surface area contributed by atoms with Gasteiger partial charge >= 0.3 is 6.09 Å². The van der Waals surface area contributed by atoms with Crippen molar-refractivity contribution in [2.24, 2.45) is 0 Å². The Morgan fingerprint density at radius 1 is 1.27 bits per heavy atom. The van der Waals surface area contributed by atoms with Crippen molar-refractivity contribution in [1.29, 1.82) is 0 Å². The number of halogens is 1. The molecule has 82 valence electrons. The molecular formula is C11H14BrNO2. The molecule has 0 aliphatic heterocycles. The first-order valence-corrected chi connectivity index (χ1v) is 5.40. The molecule has 0 unspecified atom stereocenters. The molecule has 15 heavy (non-hydrogen) atoms. The number of anilines is 1. The first-order chi connectivity index (χ1) is 6.82. The number of hydrogen-bond donors (Lipinski definition) is 1. The Morgan fingerprint density at radius 3 is 2.07 bits per heavy atom. The normalized spacial score (nSPS) is 11.2. The maximum absolute atomic E-state index is 11.1. The number of benzene rings is 1. The van der Waals surface area contributed by atoms with Crippen LogP contribution in [-0.2, 0) is 0 Å². The molecule has 0 fully saturated rings. The highest BCUT2D eigenvalue weighted by Crippen LogP contribution is 2.25. The van der Waals surface area contributed by atoms with Crippen LogP contribution in [-0.4, -0.2) is 16.7 Å². The third kappa shape index (κ3) is 2.96. The van der Waals surface area contributed by atoms with Crippen molar-refractivity contribution in [1.82, 2.24) is 0 Å². The molecule has 0 radical (unpaired) electrons. The number of hydrogen-bond acceptors (Lipinski definition) is 1. The van der Waals surface area contributed by atoms with Crippen LogP contribution in [0.15, 0.2) is 28.7 Å². The van der Waals surface area contributed by atoms with Gasteiger partial charge < -0.3 is 5.11 Å². The lowest BCUT2D eigenvalue weighted by molar-refractivity contribution is 0.195. The first-order valence-electron chi connectivity index (χ1n) is 4.61. The second-order valence-electron chi connectivity index (χ2n) is 4.27. The fourth-order valence-corrected chi connectivity index (χ4v) is 1.64. The van der Waals surface area contributed by atoms with Crippen LogP contribution in [0.3, 0.4) is 0 Å². The van der Waals surface area contributed by atoms with E-state index in [9.17, 15) is 4.79 Å². The van der Waals surface area contributed by atoms with Crippen molar-refractivity contribution in [3.63, 3.8) is 0 Å². The third-order valence-corrected chi connectivity index (χ3v) is 2.48. The molecule has 1 rings (SSSR count). The second-order valence-corrected chi connectivity index (χ2v) is 5.18. The second kappa shape index (κ2) is 4.23. The largest absolute Gasteiger partial charge is 0.465 e. The molecule has 0 aliphatic rings. The summed E-state index contributed by atoms with van der Waals surface area (Å²) in [6, 6.07) is 7.22. The van der Waals surface area contributed by atoms with E-state index in [0.717, 1.165) is 4.47 Å². The zero-order chi connectivity index (χ0) is 11.6. The van der Waals surface area contributed by atoms with Crippen LogP contribution in [0.2, 0.25) is 0 Å². The Morgan fingerprint density at radius 2 is 1.73 bits per heavy atom. The molecule has 3 nitrogen and oxygen atoms in total. The highest BCUT2D eigenvalue weighted by molar-refractivity contribution is 9.10. The van der Waals surface area contributed by atoms with Gasteiger partial charge in [-0.05, 0) is 45.0 Å². The first kappa shape index (κ1) is 12.0. The molecular weight excluding hydrogens is 258 g/mol. The lowest BCUT2D eigenvalue weighted by Gasteiger charge is -2.33. The summed E-state index contributed by atoms with van der Waals surface area (Å²) in [6.07, 6.45) is -0.940. The van der Waals surface area contributed by atoms with Crippen molar-refractivity contribution in [3.8, 4) is 0 Å². The smallest absolute Gasteiger partial charge is 0.412 e. The average Bonchev–Trinajstić information content (AvgIpc) is 2.05. The van der Waals surface area contributed by atoms with Gasteiger partial charge in [-0.2, -0.15) is 0 Å². The van der Waals surface area contributed by atoms with Crippen LogP contribution in [0.5, 0.6) is 0 Å². The minimum absolute atomic E-state index is 0.445. The summed E-state index contributed by atoms with van der Waals surface area (Å²) in [5.74, 6) is 0. The van der Waals surface area contributed by atoms with E-state index in [1.807, 2.05) is 32.9 Å². The van der Waals surface area contributed by atoms with Crippen LogP contribution in [0.1, 0.15) is 20.8 Å². The van der Waals surface area contributed by atoms with Gasteiger partial charge in [0.2, 0.25) is 0 Å². The predicted octanol–water partition coefficient (Wildman–Crippen LogP) is 3.73. The lowest BCUT2D eigenvalue weighted by Crippen LogP contribution is -2.45. The summed E-state index contributed by atoms with van der Waals surface area (Å²) < 4.78 is 0.936. The Hall–Kier alpha value is -1.03. The molecule has 0 spiro atoms. The van der Waals surface area contributed by atoms with Crippen molar-refractivity contribution in [3.05, 3.63) is 28.7 Å². The molecule has 0 bridgehead atoms. The molecule has 0 aliphatic carbocycles. The van der Waals surface area contributed by atoms with Gasteiger partial charge in [-0.1, -0.05) is 15.9 Å². The fraction of sp³-hybridized carbons (Fsp3) is 0.364. The third-order valence-electron chi connectivity index (χ3n) is 1.95. The van der Waals surface area contributed by atoms with E-state index in [4.69, 9.17) is 5.11 Å². The quantitative estimate of drug-likeness (QED) is 0.846. The topological polar surface area (TPSA) is 40.5 Å².